The van der Waals surface area contributed by atoms with Crippen LogP contribution in [0, 0.1) is 5.92 Å². The maximum Gasteiger partial charge on any atom is 0.0544 e. The molecule has 100 valence electrons. The van der Waals surface area contributed by atoms with E-state index in [4.69, 9.17) is 0 Å². The number of hydrogen-bond acceptors (Lipinski definition) is 3. The second-order valence-corrected chi connectivity index (χ2v) is 5.83. The van der Waals surface area contributed by atoms with Gasteiger partial charge in [0.25, 0.3) is 0 Å². The zero-order chi connectivity index (χ0) is 13.0. The molecule has 1 fully saturated rings. The highest BCUT2D eigenvalue weighted by molar-refractivity contribution is 5.14. The van der Waals surface area contributed by atoms with Gasteiger partial charge >= 0.3 is 0 Å². The van der Waals surface area contributed by atoms with Crippen LogP contribution in [0.3, 0.4) is 0 Å². The second kappa shape index (κ2) is 6.30. The Morgan fingerprint density at radius 1 is 1.39 bits per heavy atom. The quantitative estimate of drug-likeness (QED) is 0.802. The van der Waals surface area contributed by atoms with Crippen molar-refractivity contribution in [1.82, 2.24) is 15.2 Å². The highest BCUT2D eigenvalue weighted by Crippen LogP contribution is 2.26. The Morgan fingerprint density at radius 2 is 2.17 bits per heavy atom. The molecule has 0 spiro atoms. The van der Waals surface area contributed by atoms with E-state index in [0.29, 0.717) is 5.92 Å². The molecule has 0 saturated heterocycles. The lowest BCUT2D eigenvalue weighted by Crippen LogP contribution is -2.21. The molecule has 0 amide bonds. The van der Waals surface area contributed by atoms with Crippen molar-refractivity contribution >= 4 is 0 Å². The summed E-state index contributed by atoms with van der Waals surface area (Å²) in [5.41, 5.74) is 2.45. The molecule has 1 aromatic rings. The zero-order valence-corrected chi connectivity index (χ0v) is 11.8. The van der Waals surface area contributed by atoms with Crippen molar-refractivity contribution in [3.05, 3.63) is 29.6 Å². The number of pyridine rings is 1. The molecule has 0 radical (unpaired) electrons. The molecule has 18 heavy (non-hydrogen) atoms. The molecule has 0 aliphatic heterocycles. The normalized spacial score (nSPS) is 15.6. The van der Waals surface area contributed by atoms with E-state index in [2.05, 4.69) is 48.2 Å². The van der Waals surface area contributed by atoms with Gasteiger partial charge in [-0.15, -0.1) is 0 Å². The molecule has 0 aromatic carbocycles. The van der Waals surface area contributed by atoms with Crippen molar-refractivity contribution in [2.45, 2.75) is 45.8 Å². The fraction of sp³-hybridized carbons (Fsp3) is 0.667. The zero-order valence-electron chi connectivity index (χ0n) is 11.8. The fourth-order valence-electron chi connectivity index (χ4n) is 2.06. The van der Waals surface area contributed by atoms with Crippen LogP contribution in [0.25, 0.3) is 0 Å². The van der Waals surface area contributed by atoms with E-state index < -0.39 is 0 Å². The first-order valence-corrected chi connectivity index (χ1v) is 7.00. The third-order valence-electron chi connectivity index (χ3n) is 3.35. The first-order chi connectivity index (χ1) is 8.65. The highest BCUT2D eigenvalue weighted by atomic mass is 15.2. The van der Waals surface area contributed by atoms with Crippen molar-refractivity contribution in [2.24, 2.45) is 5.92 Å². The van der Waals surface area contributed by atoms with E-state index in [-0.39, 0.29) is 0 Å². The maximum absolute atomic E-state index is 4.54. The molecule has 1 aliphatic carbocycles. The van der Waals surface area contributed by atoms with Crippen LogP contribution in [-0.4, -0.2) is 29.5 Å². The minimum Gasteiger partial charge on any atom is -0.312 e. The molecular formula is C15H25N3. The van der Waals surface area contributed by atoms with Gasteiger partial charge in [-0.3, -0.25) is 9.88 Å². The van der Waals surface area contributed by atoms with E-state index >= 15 is 0 Å². The highest BCUT2D eigenvalue weighted by Gasteiger charge is 2.25. The van der Waals surface area contributed by atoms with Crippen molar-refractivity contribution in [1.29, 1.82) is 0 Å². The van der Waals surface area contributed by atoms with Crippen molar-refractivity contribution in [3.63, 3.8) is 0 Å². The molecule has 0 unspecified atom stereocenters. The summed E-state index contributed by atoms with van der Waals surface area (Å²) >= 11 is 0. The van der Waals surface area contributed by atoms with Gasteiger partial charge in [-0.1, -0.05) is 19.9 Å². The topological polar surface area (TPSA) is 28.2 Å². The standard InChI is InChI=1S/C15H25N3/c1-12(2)8-16-9-13-4-5-14(17-10-13)11-18(3)15-6-7-15/h4-5,10,12,15-16H,6-9,11H2,1-3H3. The molecule has 3 heteroatoms. The molecule has 1 heterocycles. The smallest absolute Gasteiger partial charge is 0.0544 e. The van der Waals surface area contributed by atoms with E-state index in [1.165, 1.54) is 24.1 Å². The number of hydrogen-bond donors (Lipinski definition) is 1. The monoisotopic (exact) mass is 247 g/mol. The van der Waals surface area contributed by atoms with Crippen molar-refractivity contribution in [2.75, 3.05) is 13.6 Å². The van der Waals surface area contributed by atoms with Crippen LogP contribution in [0.1, 0.15) is 37.9 Å². The van der Waals surface area contributed by atoms with Gasteiger partial charge in [0.15, 0.2) is 0 Å². The fourth-order valence-corrected chi connectivity index (χ4v) is 2.06. The van der Waals surface area contributed by atoms with Crippen LogP contribution in [0.5, 0.6) is 0 Å². The van der Waals surface area contributed by atoms with Crippen LogP contribution >= 0.6 is 0 Å². The first-order valence-electron chi connectivity index (χ1n) is 7.00. The van der Waals surface area contributed by atoms with Gasteiger partial charge in [0.1, 0.15) is 0 Å². The van der Waals surface area contributed by atoms with Crippen LogP contribution in [-0.2, 0) is 13.1 Å². The molecule has 1 aromatic heterocycles. The third-order valence-corrected chi connectivity index (χ3v) is 3.35. The first kappa shape index (κ1) is 13.5. The third kappa shape index (κ3) is 4.39. The van der Waals surface area contributed by atoms with E-state index in [1.54, 1.807) is 0 Å². The Hall–Kier alpha value is -0.930. The van der Waals surface area contributed by atoms with Gasteiger partial charge in [-0.05, 0) is 44.0 Å². The van der Waals surface area contributed by atoms with E-state index in [9.17, 15) is 0 Å². The van der Waals surface area contributed by atoms with Gasteiger partial charge in [0, 0.05) is 25.3 Å². The summed E-state index contributed by atoms with van der Waals surface area (Å²) in [4.78, 5) is 6.95. The van der Waals surface area contributed by atoms with Crippen LogP contribution in [0.15, 0.2) is 18.3 Å². The molecular weight excluding hydrogens is 222 g/mol. The molecule has 0 bridgehead atoms. The number of nitrogens with zero attached hydrogens (tertiary/aromatic N) is 2. The minimum absolute atomic E-state index is 0.699. The van der Waals surface area contributed by atoms with Gasteiger partial charge < -0.3 is 5.32 Å². The Bertz CT molecular complexity index is 355. The Kier molecular flexibility index (Phi) is 4.72. The van der Waals surface area contributed by atoms with Crippen molar-refractivity contribution in [3.8, 4) is 0 Å². The Morgan fingerprint density at radius 3 is 2.72 bits per heavy atom. The van der Waals surface area contributed by atoms with E-state index in [1.807, 2.05) is 6.20 Å². The molecule has 1 N–H and O–H groups in total. The van der Waals surface area contributed by atoms with Crippen LogP contribution in [0.2, 0.25) is 0 Å². The number of rotatable bonds is 7. The summed E-state index contributed by atoms with van der Waals surface area (Å²) in [6.07, 6.45) is 4.71. The lowest BCUT2D eigenvalue weighted by Gasteiger charge is -2.15. The van der Waals surface area contributed by atoms with Gasteiger partial charge in [-0.25, -0.2) is 0 Å². The van der Waals surface area contributed by atoms with Crippen LogP contribution < -0.4 is 5.32 Å². The summed E-state index contributed by atoms with van der Waals surface area (Å²) in [6.45, 7) is 7.41. The summed E-state index contributed by atoms with van der Waals surface area (Å²) in [5, 5.41) is 3.44. The molecule has 2 rings (SSSR count). The van der Waals surface area contributed by atoms with Crippen LogP contribution in [0.4, 0.5) is 0 Å². The largest absolute Gasteiger partial charge is 0.312 e. The molecule has 3 nitrogen and oxygen atoms in total. The average molecular weight is 247 g/mol. The summed E-state index contributed by atoms with van der Waals surface area (Å²) < 4.78 is 0. The average Bonchev–Trinajstić information content (AvgIpc) is 3.15. The number of nitrogens with one attached hydrogen (secondary N) is 1. The maximum atomic E-state index is 4.54. The Balaban J connectivity index is 1.77. The summed E-state index contributed by atoms with van der Waals surface area (Å²) in [7, 11) is 2.19. The van der Waals surface area contributed by atoms with Gasteiger partial charge in [-0.2, -0.15) is 0 Å². The summed E-state index contributed by atoms with van der Waals surface area (Å²) in [6, 6.07) is 5.15. The molecule has 1 saturated carbocycles. The Labute approximate surface area is 111 Å². The predicted molar refractivity (Wildman–Crippen MR) is 75.3 cm³/mol. The minimum atomic E-state index is 0.699. The molecule has 1 aliphatic rings. The summed E-state index contributed by atoms with van der Waals surface area (Å²) in [5.74, 6) is 0.699. The predicted octanol–water partition coefficient (Wildman–Crippen LogP) is 2.42. The lowest BCUT2D eigenvalue weighted by molar-refractivity contribution is 0.312. The second-order valence-electron chi connectivity index (χ2n) is 5.83. The molecule has 0 atom stereocenters. The van der Waals surface area contributed by atoms with E-state index in [0.717, 1.165) is 25.7 Å². The van der Waals surface area contributed by atoms with Gasteiger partial charge in [0.2, 0.25) is 0 Å². The number of aromatic nitrogens is 1. The van der Waals surface area contributed by atoms with Gasteiger partial charge in [0.05, 0.1) is 5.69 Å². The SMILES string of the molecule is CC(C)CNCc1ccc(CN(C)C2CC2)nc1. The lowest BCUT2D eigenvalue weighted by atomic mass is 10.2. The van der Waals surface area contributed by atoms with Crippen molar-refractivity contribution < 1.29 is 0 Å².